The Kier molecular flexibility index (Phi) is 4.25. The van der Waals surface area contributed by atoms with E-state index in [0.29, 0.717) is 31.8 Å². The normalized spacial score (nSPS) is 20.3. The minimum Gasteiger partial charge on any atom is -0.468 e. The quantitative estimate of drug-likeness (QED) is 0.612. The summed E-state index contributed by atoms with van der Waals surface area (Å²) in [5, 5.41) is 4.65. The molecule has 0 unspecified atom stereocenters. The van der Waals surface area contributed by atoms with Gasteiger partial charge >= 0.3 is 5.97 Å². The first-order valence-electron chi connectivity index (χ1n) is 9.37. The van der Waals surface area contributed by atoms with Crippen molar-refractivity contribution >= 4 is 11.9 Å². The van der Waals surface area contributed by atoms with Gasteiger partial charge in [-0.25, -0.2) is 9.67 Å². The first-order valence-corrected chi connectivity index (χ1v) is 9.37. The molecule has 1 saturated carbocycles. The van der Waals surface area contributed by atoms with Gasteiger partial charge in [-0.1, -0.05) is 44.2 Å². The average molecular weight is 368 g/mol. The van der Waals surface area contributed by atoms with E-state index >= 15 is 0 Å². The van der Waals surface area contributed by atoms with Crippen LogP contribution in [0.4, 0.5) is 0 Å². The molecule has 1 aliphatic carbocycles. The SMILES string of the molecule is COC(=O)C1(C(=O)N2CCn3nc(-c4ccccc4)nc3[C@@H]2C(C)C)CC1. The lowest BCUT2D eigenvalue weighted by atomic mass is 9.96. The van der Waals surface area contributed by atoms with Crippen LogP contribution in [0.5, 0.6) is 0 Å². The van der Waals surface area contributed by atoms with E-state index < -0.39 is 11.4 Å². The molecule has 0 radical (unpaired) electrons. The van der Waals surface area contributed by atoms with Gasteiger partial charge in [-0.05, 0) is 18.8 Å². The third kappa shape index (κ3) is 2.81. The summed E-state index contributed by atoms with van der Waals surface area (Å²) >= 11 is 0. The number of ether oxygens (including phenoxy) is 1. The van der Waals surface area contributed by atoms with Gasteiger partial charge in [-0.15, -0.1) is 0 Å². The van der Waals surface area contributed by atoms with Gasteiger partial charge in [0.1, 0.15) is 5.41 Å². The Morgan fingerprint density at radius 1 is 1.19 bits per heavy atom. The Balaban J connectivity index is 1.69. The van der Waals surface area contributed by atoms with Gasteiger partial charge in [0, 0.05) is 12.1 Å². The van der Waals surface area contributed by atoms with Gasteiger partial charge in [0.2, 0.25) is 5.91 Å². The summed E-state index contributed by atoms with van der Waals surface area (Å²) in [7, 11) is 1.34. The summed E-state index contributed by atoms with van der Waals surface area (Å²) in [6.45, 7) is 5.22. The summed E-state index contributed by atoms with van der Waals surface area (Å²) in [6.07, 6.45) is 1.11. The first-order chi connectivity index (χ1) is 13.0. The third-order valence-corrected chi connectivity index (χ3v) is 5.51. The number of amides is 1. The van der Waals surface area contributed by atoms with Gasteiger partial charge in [0.25, 0.3) is 0 Å². The second-order valence-corrected chi connectivity index (χ2v) is 7.64. The molecular weight excluding hydrogens is 344 g/mol. The van der Waals surface area contributed by atoms with Crippen molar-refractivity contribution in [1.82, 2.24) is 19.7 Å². The summed E-state index contributed by atoms with van der Waals surface area (Å²) < 4.78 is 6.79. The smallest absolute Gasteiger partial charge is 0.321 e. The van der Waals surface area contributed by atoms with Crippen LogP contribution in [0, 0.1) is 11.3 Å². The maximum atomic E-state index is 13.3. The largest absolute Gasteiger partial charge is 0.468 e. The van der Waals surface area contributed by atoms with Gasteiger partial charge in [0.05, 0.1) is 19.7 Å². The van der Waals surface area contributed by atoms with Crippen LogP contribution in [0.2, 0.25) is 0 Å². The molecule has 142 valence electrons. The van der Waals surface area contributed by atoms with Crippen molar-refractivity contribution < 1.29 is 14.3 Å². The van der Waals surface area contributed by atoms with Crippen molar-refractivity contribution in [3.8, 4) is 11.4 Å². The zero-order valence-corrected chi connectivity index (χ0v) is 15.9. The van der Waals surface area contributed by atoms with Crippen molar-refractivity contribution in [1.29, 1.82) is 0 Å². The molecule has 2 heterocycles. The minimum absolute atomic E-state index is 0.136. The van der Waals surface area contributed by atoms with Crippen LogP contribution < -0.4 is 0 Å². The van der Waals surface area contributed by atoms with E-state index in [4.69, 9.17) is 9.72 Å². The lowest BCUT2D eigenvalue weighted by Gasteiger charge is -2.39. The van der Waals surface area contributed by atoms with Crippen molar-refractivity contribution in [2.45, 2.75) is 39.3 Å². The molecule has 2 aliphatic rings. The highest BCUT2D eigenvalue weighted by Gasteiger charge is 2.60. The Morgan fingerprint density at radius 3 is 2.48 bits per heavy atom. The van der Waals surface area contributed by atoms with E-state index in [1.165, 1.54) is 7.11 Å². The number of esters is 1. The van der Waals surface area contributed by atoms with Crippen LogP contribution in [-0.2, 0) is 20.9 Å². The topological polar surface area (TPSA) is 77.3 Å². The average Bonchev–Trinajstić information content (AvgIpc) is 3.38. The number of carbonyl (C=O) groups is 2. The number of carbonyl (C=O) groups excluding carboxylic acids is 2. The Hall–Kier alpha value is -2.70. The fraction of sp³-hybridized carbons (Fsp3) is 0.500. The highest BCUT2D eigenvalue weighted by molar-refractivity contribution is 6.05. The molecule has 2 aromatic rings. The van der Waals surface area contributed by atoms with E-state index in [-0.39, 0.29) is 17.9 Å². The van der Waals surface area contributed by atoms with E-state index in [1.807, 2.05) is 39.9 Å². The molecule has 1 fully saturated rings. The molecule has 0 bridgehead atoms. The number of fused-ring (bicyclic) bond motifs is 1. The van der Waals surface area contributed by atoms with E-state index in [0.717, 1.165) is 11.4 Å². The summed E-state index contributed by atoms with van der Waals surface area (Å²) in [4.78, 5) is 32.0. The Labute approximate surface area is 158 Å². The predicted molar refractivity (Wildman–Crippen MR) is 98.4 cm³/mol. The number of benzene rings is 1. The predicted octanol–water partition coefficient (Wildman–Crippen LogP) is 2.44. The first kappa shape index (κ1) is 17.7. The highest BCUT2D eigenvalue weighted by atomic mass is 16.5. The Morgan fingerprint density at radius 2 is 1.89 bits per heavy atom. The number of aromatic nitrogens is 3. The molecule has 27 heavy (non-hydrogen) atoms. The van der Waals surface area contributed by atoms with Crippen molar-refractivity contribution in [3.63, 3.8) is 0 Å². The monoisotopic (exact) mass is 368 g/mol. The van der Waals surface area contributed by atoms with Crippen LogP contribution in [0.1, 0.15) is 38.6 Å². The molecule has 0 N–H and O–H groups in total. The lowest BCUT2D eigenvalue weighted by molar-refractivity contribution is -0.158. The van der Waals surface area contributed by atoms with E-state index in [9.17, 15) is 9.59 Å². The fourth-order valence-electron chi connectivity index (χ4n) is 3.91. The zero-order chi connectivity index (χ0) is 19.2. The molecule has 1 aliphatic heterocycles. The van der Waals surface area contributed by atoms with Crippen molar-refractivity contribution in [3.05, 3.63) is 36.2 Å². The van der Waals surface area contributed by atoms with Crippen molar-refractivity contribution in [2.75, 3.05) is 13.7 Å². The number of rotatable bonds is 4. The van der Waals surface area contributed by atoms with Crippen LogP contribution in [0.3, 0.4) is 0 Å². The standard InChI is InChI=1S/C20H24N4O3/c1-13(2)15-17-21-16(14-7-5-4-6-8-14)22-24(17)12-11-23(15)18(25)20(9-10-20)19(26)27-3/h4-8,13,15H,9-12H2,1-3H3/t15-/m0/s1. The number of hydrogen-bond acceptors (Lipinski definition) is 5. The fourth-order valence-corrected chi connectivity index (χ4v) is 3.91. The van der Waals surface area contributed by atoms with Crippen LogP contribution in [0.25, 0.3) is 11.4 Å². The van der Waals surface area contributed by atoms with Gasteiger partial charge in [-0.3, -0.25) is 9.59 Å². The number of methoxy groups -OCH3 is 1. The molecule has 1 amide bonds. The summed E-state index contributed by atoms with van der Waals surface area (Å²) in [6, 6.07) is 9.62. The molecule has 7 heteroatoms. The minimum atomic E-state index is -0.994. The molecule has 1 aromatic heterocycles. The van der Waals surface area contributed by atoms with E-state index in [2.05, 4.69) is 18.9 Å². The lowest BCUT2D eigenvalue weighted by Crippen LogP contribution is -2.49. The van der Waals surface area contributed by atoms with Gasteiger partial charge < -0.3 is 9.64 Å². The maximum absolute atomic E-state index is 13.3. The van der Waals surface area contributed by atoms with Crippen LogP contribution in [0.15, 0.2) is 30.3 Å². The molecule has 0 spiro atoms. The molecule has 1 aromatic carbocycles. The van der Waals surface area contributed by atoms with Gasteiger partial charge in [-0.2, -0.15) is 5.10 Å². The molecule has 0 saturated heterocycles. The Bertz CT molecular complexity index is 871. The summed E-state index contributed by atoms with van der Waals surface area (Å²) in [5.41, 5.74) is -0.0419. The third-order valence-electron chi connectivity index (χ3n) is 5.51. The van der Waals surface area contributed by atoms with E-state index in [1.54, 1.807) is 0 Å². The van der Waals surface area contributed by atoms with Crippen LogP contribution >= 0.6 is 0 Å². The number of hydrogen-bond donors (Lipinski definition) is 0. The molecule has 4 rings (SSSR count). The maximum Gasteiger partial charge on any atom is 0.321 e. The summed E-state index contributed by atoms with van der Waals surface area (Å²) in [5.74, 6) is 1.04. The second kappa shape index (κ2) is 6.48. The zero-order valence-electron chi connectivity index (χ0n) is 15.9. The van der Waals surface area contributed by atoms with Gasteiger partial charge in [0.15, 0.2) is 11.6 Å². The van der Waals surface area contributed by atoms with Crippen molar-refractivity contribution in [2.24, 2.45) is 11.3 Å². The molecule has 1 atom stereocenters. The molecule has 7 nitrogen and oxygen atoms in total. The second-order valence-electron chi connectivity index (χ2n) is 7.64. The number of nitrogens with zero attached hydrogens (tertiary/aromatic N) is 4. The molecular formula is C20H24N4O3. The van der Waals surface area contributed by atoms with Crippen LogP contribution in [-0.4, -0.2) is 45.2 Å². The highest BCUT2D eigenvalue weighted by Crippen LogP contribution is 2.50.